The lowest BCUT2D eigenvalue weighted by Gasteiger charge is -2.29. The Balaban J connectivity index is 1.41. The van der Waals surface area contributed by atoms with Crippen LogP contribution in [0.3, 0.4) is 0 Å². The molecule has 0 saturated carbocycles. The highest BCUT2D eigenvalue weighted by molar-refractivity contribution is 7.09. The molecular formula is C37H44N4O5S. The molecule has 3 N–H and O–H groups in total. The van der Waals surface area contributed by atoms with Crippen molar-refractivity contribution in [1.82, 2.24) is 9.88 Å². The van der Waals surface area contributed by atoms with E-state index in [0.29, 0.717) is 22.5 Å². The number of carbonyl (C=O) groups excluding carboxylic acids is 1. The molecule has 0 fully saturated rings. The van der Waals surface area contributed by atoms with Crippen LogP contribution in [0.4, 0.5) is 11.4 Å². The van der Waals surface area contributed by atoms with E-state index >= 15 is 0 Å². The number of carbonyl (C=O) groups is 3. The lowest BCUT2D eigenvalue weighted by molar-refractivity contribution is -0.138. The molecule has 0 unspecified atom stereocenters. The van der Waals surface area contributed by atoms with Gasteiger partial charge < -0.3 is 20.4 Å². The number of carboxylic acid groups (broad SMARTS) is 2. The predicted octanol–water partition coefficient (Wildman–Crippen LogP) is 7.60. The van der Waals surface area contributed by atoms with Crippen molar-refractivity contribution in [1.29, 1.82) is 0 Å². The van der Waals surface area contributed by atoms with E-state index in [4.69, 9.17) is 10.1 Å². The first-order chi connectivity index (χ1) is 22.5. The number of nitrogens with one attached hydrogen (secondary N) is 1. The maximum atomic E-state index is 12.7. The fourth-order valence-electron chi connectivity index (χ4n) is 5.36. The Hall–Kier alpha value is -4.54. The molecular weight excluding hydrogens is 612 g/mol. The third kappa shape index (κ3) is 10.5. The Morgan fingerprint density at radius 3 is 2.09 bits per heavy atom. The Bertz CT molecular complexity index is 1610. The summed E-state index contributed by atoms with van der Waals surface area (Å²) in [6.45, 7) is 10.4. The number of benzene rings is 3. The minimum absolute atomic E-state index is 0.108. The highest BCUT2D eigenvalue weighted by Crippen LogP contribution is 2.27. The number of thiazole rings is 1. The van der Waals surface area contributed by atoms with Gasteiger partial charge in [0, 0.05) is 35.4 Å². The zero-order valence-corrected chi connectivity index (χ0v) is 28.3. The van der Waals surface area contributed by atoms with E-state index < -0.39 is 17.8 Å². The highest BCUT2D eigenvalue weighted by atomic mass is 32.1. The number of nitrogens with zero attached hydrogens (tertiary/aromatic N) is 3. The van der Waals surface area contributed by atoms with Gasteiger partial charge >= 0.3 is 11.9 Å². The molecule has 10 heteroatoms. The Labute approximate surface area is 280 Å². The van der Waals surface area contributed by atoms with Gasteiger partial charge in [0.15, 0.2) is 0 Å². The number of anilines is 2. The van der Waals surface area contributed by atoms with Gasteiger partial charge in [-0.15, -0.1) is 11.3 Å². The van der Waals surface area contributed by atoms with Crippen molar-refractivity contribution in [2.24, 2.45) is 5.92 Å². The van der Waals surface area contributed by atoms with E-state index in [0.717, 1.165) is 37.2 Å². The number of aromatic carboxylic acids is 1. The standard InChI is InChI=1S/C37H44N4O5S/c1-5-26(6-2)19-41(32-17-13-28(14-18-32)25(3)4)20-27-7-9-29(10-8-27)33-24-47-35(39-33)22-40(23-36(43)44)21-34(42)38-31-15-11-30(12-16-31)37(45)46/h7-18,24-26H,5-6,19-23H2,1-4H3,(H,38,42)(H,43,44)(H,45,46). The third-order valence-corrected chi connectivity index (χ3v) is 9.07. The summed E-state index contributed by atoms with van der Waals surface area (Å²) >= 11 is 1.42. The molecule has 0 saturated heterocycles. The molecule has 0 spiro atoms. The zero-order chi connectivity index (χ0) is 33.9. The molecule has 0 aliphatic heterocycles. The maximum absolute atomic E-state index is 12.7. The summed E-state index contributed by atoms with van der Waals surface area (Å²) in [5.41, 5.74) is 6.07. The van der Waals surface area contributed by atoms with Gasteiger partial charge in [-0.1, -0.05) is 76.9 Å². The minimum atomic E-state index is -1.06. The van der Waals surface area contributed by atoms with E-state index in [1.54, 1.807) is 0 Å². The molecule has 3 aromatic carbocycles. The smallest absolute Gasteiger partial charge is 0.335 e. The van der Waals surface area contributed by atoms with Crippen molar-refractivity contribution in [2.45, 2.75) is 59.5 Å². The second kappa shape index (κ2) is 16.9. The van der Waals surface area contributed by atoms with Crippen LogP contribution in [-0.2, 0) is 22.7 Å². The van der Waals surface area contributed by atoms with Crippen LogP contribution in [0.25, 0.3) is 11.3 Å². The lowest BCUT2D eigenvalue weighted by atomic mass is 10.0. The highest BCUT2D eigenvalue weighted by Gasteiger charge is 2.18. The first-order valence-electron chi connectivity index (χ1n) is 16.0. The number of carboxylic acids is 2. The second-order valence-corrected chi connectivity index (χ2v) is 13.0. The van der Waals surface area contributed by atoms with Gasteiger partial charge in [0.2, 0.25) is 5.91 Å². The molecule has 0 bridgehead atoms. The monoisotopic (exact) mass is 656 g/mol. The Morgan fingerprint density at radius 1 is 0.851 bits per heavy atom. The molecule has 0 aliphatic rings. The number of hydrogen-bond donors (Lipinski definition) is 3. The molecule has 0 radical (unpaired) electrons. The molecule has 1 heterocycles. The van der Waals surface area contributed by atoms with E-state index in [1.165, 1.54) is 57.3 Å². The number of amides is 1. The van der Waals surface area contributed by atoms with Gasteiger partial charge in [-0.05, 0) is 59.4 Å². The SMILES string of the molecule is CCC(CC)CN(Cc1ccc(-c2csc(CN(CC(=O)O)CC(=O)Nc3ccc(C(=O)O)cc3)n2)cc1)c1ccc(C(C)C)cc1. The molecule has 9 nitrogen and oxygen atoms in total. The van der Waals surface area contributed by atoms with Crippen LogP contribution in [0.1, 0.15) is 72.9 Å². The van der Waals surface area contributed by atoms with Crippen molar-refractivity contribution in [2.75, 3.05) is 29.9 Å². The number of aliphatic carboxylic acids is 1. The zero-order valence-electron chi connectivity index (χ0n) is 27.5. The van der Waals surface area contributed by atoms with Gasteiger partial charge in [-0.2, -0.15) is 0 Å². The largest absolute Gasteiger partial charge is 0.480 e. The van der Waals surface area contributed by atoms with Crippen molar-refractivity contribution in [3.63, 3.8) is 0 Å². The quantitative estimate of drug-likeness (QED) is 0.106. The summed E-state index contributed by atoms with van der Waals surface area (Å²) in [7, 11) is 0. The van der Waals surface area contributed by atoms with Crippen LogP contribution in [0.5, 0.6) is 0 Å². The maximum Gasteiger partial charge on any atom is 0.335 e. The van der Waals surface area contributed by atoms with Crippen LogP contribution in [0.15, 0.2) is 78.2 Å². The summed E-state index contributed by atoms with van der Waals surface area (Å²) in [6, 6.07) is 23.1. The minimum Gasteiger partial charge on any atom is -0.480 e. The van der Waals surface area contributed by atoms with Gasteiger partial charge in [0.1, 0.15) is 5.01 Å². The summed E-state index contributed by atoms with van der Waals surface area (Å²) in [5, 5.41) is 23.9. The summed E-state index contributed by atoms with van der Waals surface area (Å²) < 4.78 is 0. The predicted molar refractivity (Wildman–Crippen MR) is 188 cm³/mol. The average Bonchev–Trinajstić information content (AvgIpc) is 3.51. The van der Waals surface area contributed by atoms with E-state index in [9.17, 15) is 19.5 Å². The number of rotatable bonds is 17. The topological polar surface area (TPSA) is 123 Å². The van der Waals surface area contributed by atoms with Crippen LogP contribution >= 0.6 is 11.3 Å². The molecule has 248 valence electrons. The molecule has 47 heavy (non-hydrogen) atoms. The first-order valence-corrected chi connectivity index (χ1v) is 16.9. The molecule has 4 rings (SSSR count). The number of hydrogen-bond acceptors (Lipinski definition) is 7. The van der Waals surface area contributed by atoms with E-state index in [-0.39, 0.29) is 25.2 Å². The van der Waals surface area contributed by atoms with Gasteiger partial charge in [0.25, 0.3) is 0 Å². The average molecular weight is 657 g/mol. The van der Waals surface area contributed by atoms with Crippen molar-refractivity contribution >= 4 is 40.6 Å². The van der Waals surface area contributed by atoms with Gasteiger partial charge in [-0.25, -0.2) is 9.78 Å². The summed E-state index contributed by atoms with van der Waals surface area (Å²) in [6.07, 6.45) is 2.28. The molecule has 4 aromatic rings. The third-order valence-electron chi connectivity index (χ3n) is 8.23. The van der Waals surface area contributed by atoms with Crippen LogP contribution in [0, 0.1) is 5.92 Å². The fourth-order valence-corrected chi connectivity index (χ4v) is 6.20. The normalized spacial score (nSPS) is 11.3. The Morgan fingerprint density at radius 2 is 1.51 bits per heavy atom. The van der Waals surface area contributed by atoms with Crippen LogP contribution in [-0.4, -0.2) is 57.6 Å². The lowest BCUT2D eigenvalue weighted by Crippen LogP contribution is -2.36. The summed E-state index contributed by atoms with van der Waals surface area (Å²) in [4.78, 5) is 44.0. The van der Waals surface area contributed by atoms with Crippen molar-refractivity contribution in [3.05, 3.63) is 99.9 Å². The van der Waals surface area contributed by atoms with Gasteiger partial charge in [-0.3, -0.25) is 14.5 Å². The van der Waals surface area contributed by atoms with Crippen LogP contribution < -0.4 is 10.2 Å². The fraction of sp³-hybridized carbons (Fsp3) is 0.351. The summed E-state index contributed by atoms with van der Waals surface area (Å²) in [5.74, 6) is -1.41. The van der Waals surface area contributed by atoms with E-state index in [1.807, 2.05) is 5.38 Å². The molecule has 1 aromatic heterocycles. The van der Waals surface area contributed by atoms with E-state index in [2.05, 4.69) is 86.4 Å². The van der Waals surface area contributed by atoms with Crippen LogP contribution in [0.2, 0.25) is 0 Å². The number of aromatic nitrogens is 1. The van der Waals surface area contributed by atoms with Crippen molar-refractivity contribution < 1.29 is 24.6 Å². The van der Waals surface area contributed by atoms with Gasteiger partial charge in [0.05, 0.1) is 30.9 Å². The molecule has 1 amide bonds. The molecule has 0 atom stereocenters. The molecule has 0 aliphatic carbocycles. The Kier molecular flexibility index (Phi) is 12.7. The van der Waals surface area contributed by atoms with Crippen molar-refractivity contribution in [3.8, 4) is 11.3 Å². The second-order valence-electron chi connectivity index (χ2n) is 12.1. The first kappa shape index (κ1) is 35.3.